The molecule has 1 atom stereocenters. The molecule has 1 amide bonds. The van der Waals surface area contributed by atoms with Gasteiger partial charge in [0, 0.05) is 11.3 Å². The maximum atomic E-state index is 12.2. The predicted octanol–water partition coefficient (Wildman–Crippen LogP) is 2.51. The zero-order valence-electron chi connectivity index (χ0n) is 13.2. The van der Waals surface area contributed by atoms with Gasteiger partial charge in [-0.05, 0) is 29.8 Å². The summed E-state index contributed by atoms with van der Waals surface area (Å²) >= 11 is 0. The van der Waals surface area contributed by atoms with E-state index in [2.05, 4.69) is 5.32 Å². The average molecular weight is 323 g/mol. The highest BCUT2D eigenvalue weighted by Crippen LogP contribution is 2.38. The van der Waals surface area contributed by atoms with Crippen molar-refractivity contribution < 1.29 is 19.4 Å². The van der Waals surface area contributed by atoms with Gasteiger partial charge in [-0.15, -0.1) is 0 Å². The van der Waals surface area contributed by atoms with Gasteiger partial charge in [0.25, 0.3) is 5.91 Å². The highest BCUT2D eigenvalue weighted by molar-refractivity contribution is 6.08. The molecule has 1 unspecified atom stereocenters. The first kappa shape index (κ1) is 16.0. The lowest BCUT2D eigenvalue weighted by atomic mass is 9.90. The van der Waals surface area contributed by atoms with E-state index < -0.39 is 11.5 Å². The fourth-order valence-electron chi connectivity index (χ4n) is 2.69. The molecule has 0 saturated carbocycles. The summed E-state index contributed by atoms with van der Waals surface area (Å²) in [6.07, 6.45) is 2.71. The summed E-state index contributed by atoms with van der Waals surface area (Å²) in [5, 5.41) is 13.3. The number of nitrogens with one attached hydrogen (secondary N) is 1. The third-order valence-corrected chi connectivity index (χ3v) is 4.00. The molecule has 5 nitrogen and oxygen atoms in total. The summed E-state index contributed by atoms with van der Waals surface area (Å²) in [5.41, 5.74) is -0.0247. The predicted molar refractivity (Wildman–Crippen MR) is 90.6 cm³/mol. The molecular weight excluding hydrogens is 306 g/mol. The fraction of sp³-hybridized carbons (Fsp3) is 0.158. The van der Waals surface area contributed by atoms with Gasteiger partial charge in [0.05, 0.1) is 13.5 Å². The standard InChI is InChI=1S/C19H17NO4/c1-24-15-10-7-13(8-11-15)6-9-14(21)12-19(23)16-4-2-3-5-17(16)20-18(19)22/h2-11,23H,12H2,1H3,(H,20,22)/b9-6+. The first-order chi connectivity index (χ1) is 11.5. The monoisotopic (exact) mass is 323 g/mol. The van der Waals surface area contributed by atoms with Gasteiger partial charge in [0.2, 0.25) is 0 Å². The van der Waals surface area contributed by atoms with Crippen molar-refractivity contribution in [3.05, 3.63) is 65.7 Å². The van der Waals surface area contributed by atoms with Crippen LogP contribution in [0.15, 0.2) is 54.6 Å². The van der Waals surface area contributed by atoms with Crippen LogP contribution in [0.5, 0.6) is 5.75 Å². The number of amides is 1. The molecule has 0 aliphatic carbocycles. The second-order valence-electron chi connectivity index (χ2n) is 5.61. The maximum Gasteiger partial charge on any atom is 0.261 e. The molecule has 0 aromatic heterocycles. The summed E-state index contributed by atoms with van der Waals surface area (Å²) in [6.45, 7) is 0. The Kier molecular flexibility index (Phi) is 4.18. The quantitative estimate of drug-likeness (QED) is 0.829. The van der Waals surface area contributed by atoms with E-state index in [0.29, 0.717) is 11.3 Å². The molecule has 0 bridgehead atoms. The molecule has 2 aromatic rings. The summed E-state index contributed by atoms with van der Waals surface area (Å²) in [4.78, 5) is 24.3. The number of aliphatic hydroxyl groups is 1. The van der Waals surface area contributed by atoms with E-state index in [4.69, 9.17) is 4.74 Å². The minimum absolute atomic E-state index is 0.303. The van der Waals surface area contributed by atoms with Gasteiger partial charge >= 0.3 is 0 Å². The first-order valence-corrected chi connectivity index (χ1v) is 7.51. The molecule has 1 aliphatic rings. The van der Waals surface area contributed by atoms with Crippen LogP contribution in [0.1, 0.15) is 17.5 Å². The molecule has 122 valence electrons. The number of hydrogen-bond acceptors (Lipinski definition) is 4. The number of para-hydroxylation sites is 1. The SMILES string of the molecule is COc1ccc(/C=C/C(=O)CC2(O)C(=O)Nc3ccccc32)cc1. The van der Waals surface area contributed by atoms with Crippen LogP contribution in [-0.4, -0.2) is 23.9 Å². The number of allylic oxidation sites excluding steroid dienone is 1. The molecule has 1 aliphatic heterocycles. The lowest BCUT2D eigenvalue weighted by Gasteiger charge is -2.18. The van der Waals surface area contributed by atoms with Crippen molar-refractivity contribution in [3.63, 3.8) is 0 Å². The molecule has 0 saturated heterocycles. The molecule has 2 aromatic carbocycles. The molecule has 24 heavy (non-hydrogen) atoms. The van der Waals surface area contributed by atoms with Crippen LogP contribution < -0.4 is 10.1 Å². The van der Waals surface area contributed by atoms with Gasteiger partial charge in [-0.1, -0.05) is 36.4 Å². The second-order valence-corrected chi connectivity index (χ2v) is 5.61. The van der Waals surface area contributed by atoms with E-state index in [1.54, 1.807) is 49.6 Å². The van der Waals surface area contributed by atoms with Crippen molar-refractivity contribution in [1.29, 1.82) is 0 Å². The summed E-state index contributed by atoms with van der Waals surface area (Å²) in [6, 6.07) is 14.0. The Hall–Kier alpha value is -2.92. The zero-order chi connectivity index (χ0) is 17.2. The number of ether oxygens (including phenoxy) is 1. The van der Waals surface area contributed by atoms with Gasteiger partial charge in [-0.2, -0.15) is 0 Å². The number of hydrogen-bond donors (Lipinski definition) is 2. The Morgan fingerprint density at radius 2 is 1.92 bits per heavy atom. The van der Waals surface area contributed by atoms with Crippen LogP contribution in [0, 0.1) is 0 Å². The number of benzene rings is 2. The second kappa shape index (κ2) is 6.29. The largest absolute Gasteiger partial charge is 0.497 e. The Labute approximate surface area is 139 Å². The molecule has 1 heterocycles. The minimum Gasteiger partial charge on any atom is -0.497 e. The number of carbonyl (C=O) groups excluding carboxylic acids is 2. The van der Waals surface area contributed by atoms with E-state index in [1.165, 1.54) is 6.08 Å². The van der Waals surface area contributed by atoms with Gasteiger partial charge in [-0.25, -0.2) is 0 Å². The molecule has 0 spiro atoms. The highest BCUT2D eigenvalue weighted by Gasteiger charge is 2.46. The lowest BCUT2D eigenvalue weighted by molar-refractivity contribution is -0.138. The fourth-order valence-corrected chi connectivity index (χ4v) is 2.69. The van der Waals surface area contributed by atoms with E-state index in [-0.39, 0.29) is 12.2 Å². The number of ketones is 1. The van der Waals surface area contributed by atoms with Crippen LogP contribution in [0.25, 0.3) is 6.08 Å². The van der Waals surface area contributed by atoms with E-state index in [9.17, 15) is 14.7 Å². The van der Waals surface area contributed by atoms with Gasteiger partial charge < -0.3 is 15.2 Å². The van der Waals surface area contributed by atoms with E-state index >= 15 is 0 Å². The van der Waals surface area contributed by atoms with Crippen LogP contribution in [-0.2, 0) is 15.2 Å². The van der Waals surface area contributed by atoms with Crippen molar-refractivity contribution in [2.75, 3.05) is 12.4 Å². The average Bonchev–Trinajstić information content (AvgIpc) is 2.84. The summed E-state index contributed by atoms with van der Waals surface area (Å²) in [5.74, 6) is -0.179. The number of fused-ring (bicyclic) bond motifs is 1. The normalized spacial score (nSPS) is 19.2. The first-order valence-electron chi connectivity index (χ1n) is 7.51. The third-order valence-electron chi connectivity index (χ3n) is 4.00. The maximum absolute atomic E-state index is 12.2. The van der Waals surface area contributed by atoms with Gasteiger partial charge in [-0.3, -0.25) is 9.59 Å². The van der Waals surface area contributed by atoms with Crippen LogP contribution >= 0.6 is 0 Å². The van der Waals surface area contributed by atoms with Crippen LogP contribution in [0.3, 0.4) is 0 Å². The Bertz CT molecular complexity index is 810. The number of methoxy groups -OCH3 is 1. The summed E-state index contributed by atoms with van der Waals surface area (Å²) in [7, 11) is 1.58. The van der Waals surface area contributed by atoms with Gasteiger partial charge in [0.15, 0.2) is 11.4 Å². The number of carbonyl (C=O) groups is 2. The van der Waals surface area contributed by atoms with Crippen LogP contribution in [0.4, 0.5) is 5.69 Å². The lowest BCUT2D eigenvalue weighted by Crippen LogP contribution is -2.36. The van der Waals surface area contributed by atoms with Crippen molar-refractivity contribution >= 4 is 23.5 Å². The topological polar surface area (TPSA) is 75.6 Å². The Balaban J connectivity index is 1.74. The molecule has 3 rings (SSSR count). The molecular formula is C19H17NO4. The zero-order valence-corrected chi connectivity index (χ0v) is 13.2. The van der Waals surface area contributed by atoms with Gasteiger partial charge in [0.1, 0.15) is 5.75 Å². The van der Waals surface area contributed by atoms with Crippen molar-refractivity contribution in [2.24, 2.45) is 0 Å². The summed E-state index contributed by atoms with van der Waals surface area (Å²) < 4.78 is 5.07. The number of rotatable bonds is 5. The minimum atomic E-state index is -1.82. The Morgan fingerprint density at radius 3 is 2.62 bits per heavy atom. The van der Waals surface area contributed by atoms with E-state index in [1.807, 2.05) is 12.1 Å². The Morgan fingerprint density at radius 1 is 1.21 bits per heavy atom. The van der Waals surface area contributed by atoms with Crippen molar-refractivity contribution in [2.45, 2.75) is 12.0 Å². The molecule has 0 fully saturated rings. The molecule has 0 radical (unpaired) electrons. The smallest absolute Gasteiger partial charge is 0.261 e. The van der Waals surface area contributed by atoms with E-state index in [0.717, 1.165) is 11.3 Å². The van der Waals surface area contributed by atoms with Crippen molar-refractivity contribution in [1.82, 2.24) is 0 Å². The van der Waals surface area contributed by atoms with Crippen molar-refractivity contribution in [3.8, 4) is 5.75 Å². The van der Waals surface area contributed by atoms with Crippen LogP contribution in [0.2, 0.25) is 0 Å². The number of anilines is 1. The molecule has 5 heteroatoms. The molecule has 2 N–H and O–H groups in total. The third kappa shape index (κ3) is 2.94. The highest BCUT2D eigenvalue weighted by atomic mass is 16.5.